The minimum absolute atomic E-state index is 0.214. The molecule has 0 bridgehead atoms. The summed E-state index contributed by atoms with van der Waals surface area (Å²) < 4.78 is 10.8. The summed E-state index contributed by atoms with van der Waals surface area (Å²) in [7, 11) is 1.54. The zero-order chi connectivity index (χ0) is 21.7. The van der Waals surface area contributed by atoms with E-state index < -0.39 is 0 Å². The van der Waals surface area contributed by atoms with E-state index in [2.05, 4.69) is 5.32 Å². The van der Waals surface area contributed by atoms with Gasteiger partial charge in [-0.1, -0.05) is 35.9 Å². The Kier molecular flexibility index (Phi) is 7.13. The number of carbonyl (C=O) groups excluding carboxylic acids is 2. The van der Waals surface area contributed by atoms with Gasteiger partial charge in [-0.3, -0.25) is 14.5 Å². The van der Waals surface area contributed by atoms with Gasteiger partial charge in [-0.2, -0.15) is 0 Å². The van der Waals surface area contributed by atoms with Gasteiger partial charge >= 0.3 is 0 Å². The Morgan fingerprint density at radius 1 is 1.07 bits per heavy atom. The van der Waals surface area contributed by atoms with Crippen molar-refractivity contribution in [1.82, 2.24) is 4.90 Å². The molecule has 2 aromatic carbocycles. The zero-order valence-corrected chi connectivity index (χ0v) is 18.1. The van der Waals surface area contributed by atoms with Gasteiger partial charge in [0.05, 0.1) is 12.7 Å². The van der Waals surface area contributed by atoms with Crippen molar-refractivity contribution >= 4 is 34.7 Å². The Labute approximate surface area is 181 Å². The minimum Gasteiger partial charge on any atom is -0.496 e. The molecule has 0 aliphatic carbocycles. The molecule has 0 radical (unpaired) electrons. The van der Waals surface area contributed by atoms with Crippen LogP contribution < -0.4 is 10.1 Å². The van der Waals surface area contributed by atoms with Crippen LogP contribution in [0.4, 0.5) is 5.69 Å². The van der Waals surface area contributed by atoms with Crippen molar-refractivity contribution in [2.45, 2.75) is 20.3 Å². The van der Waals surface area contributed by atoms with Crippen molar-refractivity contribution in [3.8, 4) is 5.75 Å². The topological polar surface area (TPSA) is 67.9 Å². The monoisotopic (exact) mass is 428 g/mol. The molecule has 7 heteroatoms. The van der Waals surface area contributed by atoms with Crippen molar-refractivity contribution in [1.29, 1.82) is 0 Å². The van der Waals surface area contributed by atoms with E-state index in [0.29, 0.717) is 41.7 Å². The number of amides is 2. The number of imide groups is 1. The number of methoxy groups -OCH3 is 1. The average Bonchev–Trinajstić information content (AvgIpc) is 2.98. The smallest absolute Gasteiger partial charge is 0.278 e. The van der Waals surface area contributed by atoms with Crippen molar-refractivity contribution in [2.75, 3.05) is 32.2 Å². The standard InChI is InChI=1S/C23H25ClN2O4/c1-4-30-14-8-13-26-22(27)20(16-9-5-6-12-19(16)29-3)21(23(26)28)25-18-11-7-10-17(24)15(18)2/h5-7,9-12,25H,4,8,13-14H2,1-3H3. The first-order valence-corrected chi connectivity index (χ1v) is 10.2. The number of hydrogen-bond acceptors (Lipinski definition) is 5. The number of halogens is 1. The molecule has 1 aliphatic rings. The van der Waals surface area contributed by atoms with Gasteiger partial charge in [0.25, 0.3) is 11.8 Å². The summed E-state index contributed by atoms with van der Waals surface area (Å²) in [5.74, 6) is -0.216. The summed E-state index contributed by atoms with van der Waals surface area (Å²) in [5.41, 5.74) is 2.52. The van der Waals surface area contributed by atoms with Gasteiger partial charge in [0.15, 0.2) is 0 Å². The van der Waals surface area contributed by atoms with E-state index in [9.17, 15) is 9.59 Å². The molecule has 1 heterocycles. The first kappa shape index (κ1) is 21.9. The van der Waals surface area contributed by atoms with E-state index >= 15 is 0 Å². The van der Waals surface area contributed by atoms with Crippen LogP contribution in [0.2, 0.25) is 5.02 Å². The fourth-order valence-electron chi connectivity index (χ4n) is 3.34. The molecular weight excluding hydrogens is 404 g/mol. The maximum atomic E-state index is 13.3. The molecule has 0 spiro atoms. The number of carbonyl (C=O) groups is 2. The van der Waals surface area contributed by atoms with Crippen LogP contribution in [0.3, 0.4) is 0 Å². The lowest BCUT2D eigenvalue weighted by molar-refractivity contribution is -0.137. The predicted octanol–water partition coefficient (Wildman–Crippen LogP) is 4.28. The van der Waals surface area contributed by atoms with Crippen LogP contribution in [-0.2, 0) is 14.3 Å². The summed E-state index contributed by atoms with van der Waals surface area (Å²) in [6.07, 6.45) is 0.563. The third-order valence-electron chi connectivity index (χ3n) is 4.95. The second-order valence-electron chi connectivity index (χ2n) is 6.80. The number of nitrogens with zero attached hydrogens (tertiary/aromatic N) is 1. The summed E-state index contributed by atoms with van der Waals surface area (Å²) >= 11 is 6.24. The highest BCUT2D eigenvalue weighted by molar-refractivity contribution is 6.37. The normalized spacial score (nSPS) is 13.9. The molecule has 2 amide bonds. The lowest BCUT2D eigenvalue weighted by atomic mass is 10.0. The fourth-order valence-corrected chi connectivity index (χ4v) is 3.52. The average molecular weight is 429 g/mol. The van der Waals surface area contributed by atoms with Gasteiger partial charge in [-0.05, 0) is 44.0 Å². The van der Waals surface area contributed by atoms with E-state index in [1.165, 1.54) is 12.0 Å². The third-order valence-corrected chi connectivity index (χ3v) is 5.36. The highest BCUT2D eigenvalue weighted by atomic mass is 35.5. The van der Waals surface area contributed by atoms with E-state index in [-0.39, 0.29) is 29.6 Å². The Morgan fingerprint density at radius 2 is 1.83 bits per heavy atom. The number of nitrogens with one attached hydrogen (secondary N) is 1. The molecule has 6 nitrogen and oxygen atoms in total. The molecule has 0 atom stereocenters. The number of para-hydroxylation sites is 1. The Balaban J connectivity index is 2.03. The quantitative estimate of drug-likeness (QED) is 0.477. The summed E-state index contributed by atoms with van der Waals surface area (Å²) in [6, 6.07) is 12.6. The van der Waals surface area contributed by atoms with Crippen LogP contribution in [0.1, 0.15) is 24.5 Å². The second kappa shape index (κ2) is 9.78. The Morgan fingerprint density at radius 3 is 2.57 bits per heavy atom. The first-order valence-electron chi connectivity index (χ1n) is 9.83. The number of hydrogen-bond donors (Lipinski definition) is 1. The summed E-state index contributed by atoms with van der Waals surface area (Å²) in [4.78, 5) is 27.8. The van der Waals surface area contributed by atoms with Gasteiger partial charge in [0.2, 0.25) is 0 Å². The van der Waals surface area contributed by atoms with Gasteiger partial charge in [-0.15, -0.1) is 0 Å². The van der Waals surface area contributed by atoms with E-state index in [0.717, 1.165) is 5.56 Å². The Hall–Kier alpha value is -2.83. The Bertz CT molecular complexity index is 987. The fraction of sp³-hybridized carbons (Fsp3) is 0.304. The second-order valence-corrected chi connectivity index (χ2v) is 7.21. The molecule has 0 aromatic heterocycles. The SMILES string of the molecule is CCOCCCN1C(=O)C(Nc2cccc(Cl)c2C)=C(c2ccccc2OC)C1=O. The summed E-state index contributed by atoms with van der Waals surface area (Å²) in [6.45, 7) is 5.11. The van der Waals surface area contributed by atoms with Crippen molar-refractivity contribution in [2.24, 2.45) is 0 Å². The lowest BCUT2D eigenvalue weighted by Gasteiger charge is -2.15. The lowest BCUT2D eigenvalue weighted by Crippen LogP contribution is -2.34. The first-order chi connectivity index (χ1) is 14.5. The van der Waals surface area contributed by atoms with Gasteiger partial charge in [-0.25, -0.2) is 0 Å². The van der Waals surface area contributed by atoms with Crippen LogP contribution in [0.5, 0.6) is 5.75 Å². The van der Waals surface area contributed by atoms with Crippen molar-refractivity contribution in [3.63, 3.8) is 0 Å². The molecular formula is C23H25ClN2O4. The maximum Gasteiger partial charge on any atom is 0.278 e. The molecule has 3 rings (SSSR count). The number of benzene rings is 2. The number of ether oxygens (including phenoxy) is 2. The van der Waals surface area contributed by atoms with Crippen LogP contribution in [0.15, 0.2) is 48.2 Å². The van der Waals surface area contributed by atoms with Gasteiger partial charge in [0, 0.05) is 36.0 Å². The molecule has 0 saturated carbocycles. The molecule has 1 aliphatic heterocycles. The van der Waals surface area contributed by atoms with Gasteiger partial charge in [0.1, 0.15) is 11.4 Å². The minimum atomic E-state index is -0.378. The van der Waals surface area contributed by atoms with E-state index in [1.807, 2.05) is 32.0 Å². The molecule has 30 heavy (non-hydrogen) atoms. The molecule has 0 unspecified atom stereocenters. The van der Waals surface area contributed by atoms with E-state index in [1.54, 1.807) is 24.3 Å². The van der Waals surface area contributed by atoms with Crippen LogP contribution >= 0.6 is 11.6 Å². The zero-order valence-electron chi connectivity index (χ0n) is 17.3. The van der Waals surface area contributed by atoms with Crippen molar-refractivity contribution in [3.05, 3.63) is 64.3 Å². The predicted molar refractivity (Wildman–Crippen MR) is 118 cm³/mol. The van der Waals surface area contributed by atoms with Gasteiger partial charge < -0.3 is 14.8 Å². The van der Waals surface area contributed by atoms with E-state index in [4.69, 9.17) is 21.1 Å². The highest BCUT2D eigenvalue weighted by Gasteiger charge is 2.40. The largest absolute Gasteiger partial charge is 0.496 e. The maximum absolute atomic E-state index is 13.3. The molecule has 0 fully saturated rings. The molecule has 1 N–H and O–H groups in total. The van der Waals surface area contributed by atoms with Crippen LogP contribution in [-0.4, -0.2) is 43.6 Å². The van der Waals surface area contributed by atoms with Crippen molar-refractivity contribution < 1.29 is 19.1 Å². The van der Waals surface area contributed by atoms with Crippen LogP contribution in [0, 0.1) is 6.92 Å². The molecule has 158 valence electrons. The molecule has 0 saturated heterocycles. The third kappa shape index (κ3) is 4.35. The summed E-state index contributed by atoms with van der Waals surface area (Å²) in [5, 5.41) is 3.73. The molecule has 2 aromatic rings. The number of rotatable bonds is 9. The number of anilines is 1. The highest BCUT2D eigenvalue weighted by Crippen LogP contribution is 2.36. The van der Waals surface area contributed by atoms with Crippen LogP contribution in [0.25, 0.3) is 5.57 Å².